The second-order valence-electron chi connectivity index (χ2n) is 6.55. The van der Waals surface area contributed by atoms with Crippen molar-refractivity contribution in [1.29, 1.82) is 0 Å². The average molecular weight is 297 g/mol. The van der Waals surface area contributed by atoms with Crippen molar-refractivity contribution in [3.8, 4) is 0 Å². The number of hydrogen-bond acceptors (Lipinski definition) is 3. The van der Waals surface area contributed by atoms with Crippen LogP contribution in [0.15, 0.2) is 4.99 Å². The molecule has 0 saturated carbocycles. The Morgan fingerprint density at radius 2 is 2.00 bits per heavy atom. The molecule has 0 aromatic carbocycles. The third-order valence-corrected chi connectivity index (χ3v) is 4.01. The Morgan fingerprint density at radius 1 is 1.29 bits per heavy atom. The van der Waals surface area contributed by atoms with Crippen molar-refractivity contribution in [3.63, 3.8) is 0 Å². The van der Waals surface area contributed by atoms with E-state index in [1.165, 1.54) is 13.5 Å². The molecule has 0 radical (unpaired) electrons. The Balaban J connectivity index is 2.10. The maximum atomic E-state index is 11.0. The molecule has 0 aliphatic carbocycles. The van der Waals surface area contributed by atoms with Crippen molar-refractivity contribution in [2.24, 2.45) is 10.4 Å². The highest BCUT2D eigenvalue weighted by Gasteiger charge is 2.30. The van der Waals surface area contributed by atoms with Gasteiger partial charge in [-0.2, -0.15) is 0 Å². The summed E-state index contributed by atoms with van der Waals surface area (Å²) >= 11 is 0. The van der Waals surface area contributed by atoms with Crippen molar-refractivity contribution in [1.82, 2.24) is 10.2 Å². The fourth-order valence-corrected chi connectivity index (χ4v) is 2.68. The third kappa shape index (κ3) is 6.82. The van der Waals surface area contributed by atoms with Crippen LogP contribution in [0.2, 0.25) is 0 Å². The minimum absolute atomic E-state index is 0.106. The van der Waals surface area contributed by atoms with Gasteiger partial charge in [0.05, 0.1) is 7.11 Å². The van der Waals surface area contributed by atoms with E-state index in [9.17, 15) is 4.79 Å². The summed E-state index contributed by atoms with van der Waals surface area (Å²) in [5.41, 5.74) is 0.394. The monoisotopic (exact) mass is 297 g/mol. The molecular weight excluding hydrogens is 266 g/mol. The molecule has 21 heavy (non-hydrogen) atoms. The molecule has 5 heteroatoms. The van der Waals surface area contributed by atoms with Gasteiger partial charge in [0, 0.05) is 33.1 Å². The number of nitrogens with one attached hydrogen (secondary N) is 1. The molecule has 0 aromatic rings. The van der Waals surface area contributed by atoms with Gasteiger partial charge < -0.3 is 15.0 Å². The lowest BCUT2D eigenvalue weighted by atomic mass is 9.93. The lowest BCUT2D eigenvalue weighted by Gasteiger charge is -2.23. The van der Waals surface area contributed by atoms with Crippen LogP contribution < -0.4 is 5.32 Å². The normalized spacial score (nSPS) is 17.9. The average Bonchev–Trinajstić information content (AvgIpc) is 2.81. The van der Waals surface area contributed by atoms with Crippen molar-refractivity contribution >= 4 is 11.9 Å². The second kappa shape index (κ2) is 8.90. The van der Waals surface area contributed by atoms with Crippen LogP contribution >= 0.6 is 0 Å². The first-order valence-corrected chi connectivity index (χ1v) is 8.01. The number of nitrogens with zero attached hydrogens (tertiary/aromatic N) is 2. The smallest absolute Gasteiger partial charge is 0.305 e. The van der Waals surface area contributed by atoms with Crippen molar-refractivity contribution in [2.45, 2.75) is 52.4 Å². The summed E-state index contributed by atoms with van der Waals surface area (Å²) in [5.74, 6) is 0.917. The second-order valence-corrected chi connectivity index (χ2v) is 6.55. The van der Waals surface area contributed by atoms with Gasteiger partial charge in [-0.3, -0.25) is 9.79 Å². The van der Waals surface area contributed by atoms with Gasteiger partial charge in [-0.1, -0.05) is 26.7 Å². The fraction of sp³-hybridized carbons (Fsp3) is 0.875. The van der Waals surface area contributed by atoms with Crippen molar-refractivity contribution < 1.29 is 9.53 Å². The first-order valence-electron chi connectivity index (χ1n) is 8.01. The third-order valence-electron chi connectivity index (χ3n) is 4.01. The van der Waals surface area contributed by atoms with E-state index in [2.05, 4.69) is 33.8 Å². The molecule has 5 nitrogen and oxygen atoms in total. The van der Waals surface area contributed by atoms with Crippen LogP contribution in [0.3, 0.4) is 0 Å². The Bertz CT molecular complexity index is 353. The number of hydrogen-bond donors (Lipinski definition) is 1. The SMILES string of the molecule is CN=C(NCCCCCCC(=O)OC)N1CCC(C)(C)C1. The molecule has 0 unspecified atom stereocenters. The molecule has 0 aromatic heterocycles. The number of methoxy groups -OCH3 is 1. The van der Waals surface area contributed by atoms with E-state index in [1.54, 1.807) is 0 Å². The van der Waals surface area contributed by atoms with Gasteiger partial charge in [0.1, 0.15) is 0 Å². The van der Waals surface area contributed by atoms with Crippen LogP contribution in [0.25, 0.3) is 0 Å². The zero-order chi connectivity index (χ0) is 15.7. The van der Waals surface area contributed by atoms with Crippen LogP contribution in [-0.2, 0) is 9.53 Å². The number of rotatable bonds is 7. The molecular formula is C16H31N3O2. The topological polar surface area (TPSA) is 53.9 Å². The van der Waals surface area contributed by atoms with Gasteiger partial charge in [-0.25, -0.2) is 0 Å². The van der Waals surface area contributed by atoms with Gasteiger partial charge in [0.15, 0.2) is 5.96 Å². The lowest BCUT2D eigenvalue weighted by molar-refractivity contribution is -0.140. The van der Waals surface area contributed by atoms with Gasteiger partial charge >= 0.3 is 5.97 Å². The van der Waals surface area contributed by atoms with E-state index in [1.807, 2.05) is 7.05 Å². The molecule has 122 valence electrons. The van der Waals surface area contributed by atoms with Gasteiger partial charge in [0.25, 0.3) is 0 Å². The van der Waals surface area contributed by atoms with Crippen LogP contribution in [0.4, 0.5) is 0 Å². The van der Waals surface area contributed by atoms with E-state index in [-0.39, 0.29) is 5.97 Å². The fourth-order valence-electron chi connectivity index (χ4n) is 2.68. The Labute approximate surface area is 129 Å². The molecule has 0 amide bonds. The van der Waals surface area contributed by atoms with E-state index < -0.39 is 0 Å². The number of likely N-dealkylation sites (tertiary alicyclic amines) is 1. The summed E-state index contributed by atoms with van der Waals surface area (Å²) in [7, 11) is 3.29. The molecule has 1 saturated heterocycles. The number of aliphatic imine (C=N–C) groups is 1. The maximum absolute atomic E-state index is 11.0. The highest BCUT2D eigenvalue weighted by molar-refractivity contribution is 5.80. The molecule has 1 rings (SSSR count). The highest BCUT2D eigenvalue weighted by atomic mass is 16.5. The largest absolute Gasteiger partial charge is 0.469 e. The van der Waals surface area contributed by atoms with E-state index in [0.29, 0.717) is 11.8 Å². The predicted octanol–water partition coefficient (Wildman–Crippen LogP) is 2.42. The minimum Gasteiger partial charge on any atom is -0.469 e. The molecule has 1 fully saturated rings. The Hall–Kier alpha value is -1.26. The summed E-state index contributed by atoms with van der Waals surface area (Å²) in [6, 6.07) is 0. The van der Waals surface area contributed by atoms with Crippen LogP contribution in [0.5, 0.6) is 0 Å². The number of ether oxygens (including phenoxy) is 1. The van der Waals surface area contributed by atoms with Gasteiger partial charge in [-0.05, 0) is 24.7 Å². The van der Waals surface area contributed by atoms with Crippen LogP contribution in [-0.4, -0.2) is 50.6 Å². The highest BCUT2D eigenvalue weighted by Crippen LogP contribution is 2.28. The first kappa shape index (κ1) is 17.8. The zero-order valence-electron chi connectivity index (χ0n) is 14.1. The zero-order valence-corrected chi connectivity index (χ0v) is 14.1. The summed E-state index contributed by atoms with van der Waals surface area (Å²) < 4.78 is 4.63. The summed E-state index contributed by atoms with van der Waals surface area (Å²) in [6.07, 6.45) is 5.99. The Kier molecular flexibility index (Phi) is 7.54. The van der Waals surface area contributed by atoms with E-state index in [4.69, 9.17) is 0 Å². The van der Waals surface area contributed by atoms with Crippen molar-refractivity contribution in [3.05, 3.63) is 0 Å². The van der Waals surface area contributed by atoms with E-state index >= 15 is 0 Å². The number of unbranched alkanes of at least 4 members (excludes halogenated alkanes) is 3. The number of guanidine groups is 1. The van der Waals surface area contributed by atoms with Crippen LogP contribution in [0.1, 0.15) is 52.4 Å². The standard InChI is InChI=1S/C16H31N3O2/c1-16(2)10-12-19(13-16)15(17-3)18-11-8-6-5-7-9-14(20)21-4/h5-13H2,1-4H3,(H,17,18). The quantitative estimate of drug-likeness (QED) is 0.339. The number of carbonyl (C=O) groups excluding carboxylic acids is 1. The van der Waals surface area contributed by atoms with Crippen LogP contribution in [0, 0.1) is 5.41 Å². The molecule has 0 atom stereocenters. The Morgan fingerprint density at radius 3 is 2.57 bits per heavy atom. The van der Waals surface area contributed by atoms with Gasteiger partial charge in [0.2, 0.25) is 0 Å². The minimum atomic E-state index is -0.106. The molecule has 0 bridgehead atoms. The number of carbonyl (C=O) groups is 1. The maximum Gasteiger partial charge on any atom is 0.305 e. The first-order chi connectivity index (χ1) is 9.98. The van der Waals surface area contributed by atoms with Gasteiger partial charge in [-0.15, -0.1) is 0 Å². The summed E-state index contributed by atoms with van der Waals surface area (Å²) in [4.78, 5) is 17.7. The van der Waals surface area contributed by atoms with E-state index in [0.717, 1.165) is 51.3 Å². The molecule has 1 aliphatic rings. The molecule has 1 aliphatic heterocycles. The molecule has 0 spiro atoms. The predicted molar refractivity (Wildman–Crippen MR) is 86.4 cm³/mol. The van der Waals surface area contributed by atoms with Crippen molar-refractivity contribution in [2.75, 3.05) is 33.8 Å². The number of esters is 1. The summed E-state index contributed by atoms with van der Waals surface area (Å²) in [6.45, 7) is 7.72. The molecule has 1 heterocycles. The molecule has 1 N–H and O–H groups in total. The summed E-state index contributed by atoms with van der Waals surface area (Å²) in [5, 5.41) is 3.44. The lowest BCUT2D eigenvalue weighted by Crippen LogP contribution is -2.41.